The second-order valence-corrected chi connectivity index (χ2v) is 16.1. The molecule has 2 aromatic carbocycles. The molecule has 1 N–H and O–H groups in total. The second kappa shape index (κ2) is 9.29. The van der Waals surface area contributed by atoms with Crippen LogP contribution in [0, 0.1) is 11.6 Å². The van der Waals surface area contributed by atoms with Gasteiger partial charge in [0.15, 0.2) is 5.82 Å². The summed E-state index contributed by atoms with van der Waals surface area (Å²) < 4.78 is 38.8. The number of nitrogens with zero attached hydrogens (tertiary/aromatic N) is 5. The van der Waals surface area contributed by atoms with Crippen molar-refractivity contribution < 1.29 is 18.3 Å². The molecule has 2 aromatic heterocycles. The van der Waals surface area contributed by atoms with Crippen LogP contribution in [0.2, 0.25) is 25.7 Å². The van der Waals surface area contributed by atoms with E-state index in [1.807, 2.05) is 10.7 Å². The maximum absolute atomic E-state index is 15.0. The molecular formula is C25H30F2N6O2Si. The van der Waals surface area contributed by atoms with Crippen LogP contribution in [0.15, 0.2) is 30.5 Å². The molecule has 0 radical (unpaired) electrons. The van der Waals surface area contributed by atoms with Crippen LogP contribution in [0.1, 0.15) is 16.8 Å². The fraction of sp³-hybridized carbons (Fsp3) is 0.400. The van der Waals surface area contributed by atoms with Crippen molar-refractivity contribution in [3.05, 3.63) is 47.7 Å². The Bertz CT molecular complexity index is 1450. The van der Waals surface area contributed by atoms with Gasteiger partial charge in [-0.25, -0.2) is 13.5 Å². The van der Waals surface area contributed by atoms with Gasteiger partial charge in [-0.15, -0.1) is 0 Å². The van der Waals surface area contributed by atoms with Gasteiger partial charge in [0.25, 0.3) is 5.91 Å². The van der Waals surface area contributed by atoms with E-state index in [4.69, 9.17) is 9.84 Å². The van der Waals surface area contributed by atoms with E-state index in [0.29, 0.717) is 19.0 Å². The number of benzene rings is 2. The van der Waals surface area contributed by atoms with Gasteiger partial charge in [-0.2, -0.15) is 10.2 Å². The van der Waals surface area contributed by atoms with Crippen molar-refractivity contribution >= 4 is 47.3 Å². The number of carbonyl (C=O) groups excluding carboxylic acids is 1. The van der Waals surface area contributed by atoms with E-state index in [1.54, 1.807) is 19.2 Å². The zero-order valence-electron chi connectivity index (χ0n) is 20.9. The average Bonchev–Trinajstić information content (AvgIpc) is 3.30. The number of fused-ring (bicyclic) bond motifs is 2. The zero-order valence-corrected chi connectivity index (χ0v) is 21.9. The SMILES string of the molecule is Cn1ncc2c(F)c(C(=O)Nc3ccc4c(c3)c(N3CCC3)nn4COCC[Si](C)(C)C)c(F)cc21. The summed E-state index contributed by atoms with van der Waals surface area (Å²) in [4.78, 5) is 15.1. The molecule has 0 unspecified atom stereocenters. The van der Waals surface area contributed by atoms with Gasteiger partial charge in [0.1, 0.15) is 23.9 Å². The van der Waals surface area contributed by atoms with E-state index in [1.165, 1.54) is 10.9 Å². The third kappa shape index (κ3) is 4.60. The van der Waals surface area contributed by atoms with Gasteiger partial charge in [0.2, 0.25) is 0 Å². The standard InChI is InChI=1S/C25H30F2N6O2Si/c1-31-21-13-19(26)22(23(27)18(21)14-28-31)25(34)29-16-6-7-20-17(12-16)24(32-8-5-9-32)30-33(20)15-35-10-11-36(2,3)4/h6-7,12-14H,5,8-11,15H2,1-4H3,(H,29,34). The van der Waals surface area contributed by atoms with Crippen molar-refractivity contribution in [1.29, 1.82) is 0 Å². The summed E-state index contributed by atoms with van der Waals surface area (Å²) in [7, 11) is 0.394. The number of nitrogens with one attached hydrogen (secondary N) is 1. The van der Waals surface area contributed by atoms with Crippen LogP contribution in [-0.2, 0) is 18.5 Å². The molecular weight excluding hydrogens is 482 g/mol. The number of halogens is 2. The molecule has 0 aliphatic carbocycles. The number of hydrogen-bond acceptors (Lipinski definition) is 5. The van der Waals surface area contributed by atoms with Crippen molar-refractivity contribution in [2.24, 2.45) is 7.05 Å². The first-order valence-electron chi connectivity index (χ1n) is 12.1. The Labute approximate surface area is 208 Å². The van der Waals surface area contributed by atoms with Gasteiger partial charge in [-0.05, 0) is 30.7 Å². The van der Waals surface area contributed by atoms with Crippen LogP contribution < -0.4 is 10.2 Å². The third-order valence-electron chi connectivity index (χ3n) is 6.52. The Balaban J connectivity index is 1.42. The normalized spacial score (nSPS) is 14.0. The first-order valence-corrected chi connectivity index (χ1v) is 15.8. The molecule has 190 valence electrons. The highest BCUT2D eigenvalue weighted by Gasteiger charge is 2.25. The molecule has 1 aliphatic heterocycles. The summed E-state index contributed by atoms with van der Waals surface area (Å²) >= 11 is 0. The number of ether oxygens (including phenoxy) is 1. The molecule has 11 heteroatoms. The highest BCUT2D eigenvalue weighted by molar-refractivity contribution is 6.76. The van der Waals surface area contributed by atoms with Gasteiger partial charge < -0.3 is 15.0 Å². The summed E-state index contributed by atoms with van der Waals surface area (Å²) in [6.45, 7) is 9.75. The highest BCUT2D eigenvalue weighted by atomic mass is 28.3. The molecule has 1 saturated heterocycles. The van der Waals surface area contributed by atoms with Crippen LogP contribution in [0.4, 0.5) is 20.3 Å². The van der Waals surface area contributed by atoms with Crippen molar-refractivity contribution in [3.8, 4) is 0 Å². The summed E-state index contributed by atoms with van der Waals surface area (Å²) in [5, 5.41) is 12.3. The molecule has 1 amide bonds. The molecule has 0 atom stereocenters. The lowest BCUT2D eigenvalue weighted by molar-refractivity contribution is 0.0817. The fourth-order valence-electron chi connectivity index (χ4n) is 4.25. The molecule has 0 saturated carbocycles. The van der Waals surface area contributed by atoms with Crippen molar-refractivity contribution in [1.82, 2.24) is 19.6 Å². The summed E-state index contributed by atoms with van der Waals surface area (Å²) in [5.41, 5.74) is 0.947. The number of aryl methyl sites for hydroxylation is 1. The van der Waals surface area contributed by atoms with E-state index in [9.17, 15) is 9.18 Å². The Morgan fingerprint density at radius 2 is 1.92 bits per heavy atom. The maximum Gasteiger partial charge on any atom is 0.261 e. The quantitative estimate of drug-likeness (QED) is 0.266. The molecule has 0 spiro atoms. The first-order chi connectivity index (χ1) is 17.1. The zero-order chi connectivity index (χ0) is 25.6. The molecule has 8 nitrogen and oxygen atoms in total. The van der Waals surface area contributed by atoms with E-state index in [0.717, 1.165) is 48.3 Å². The molecule has 36 heavy (non-hydrogen) atoms. The largest absolute Gasteiger partial charge is 0.360 e. The predicted octanol–water partition coefficient (Wildman–Crippen LogP) is 4.98. The van der Waals surface area contributed by atoms with Crippen LogP contribution in [0.5, 0.6) is 0 Å². The monoisotopic (exact) mass is 512 g/mol. The Hall–Kier alpha value is -3.31. The number of amides is 1. The minimum atomic E-state index is -1.19. The number of rotatable bonds is 8. The number of aromatic nitrogens is 4. The number of anilines is 2. The summed E-state index contributed by atoms with van der Waals surface area (Å²) in [6.07, 6.45) is 2.37. The van der Waals surface area contributed by atoms with Crippen LogP contribution in [-0.4, -0.2) is 53.2 Å². The van der Waals surface area contributed by atoms with E-state index in [2.05, 4.69) is 35.0 Å². The van der Waals surface area contributed by atoms with Crippen LogP contribution in [0.3, 0.4) is 0 Å². The minimum Gasteiger partial charge on any atom is -0.360 e. The lowest BCUT2D eigenvalue weighted by Crippen LogP contribution is -2.37. The van der Waals surface area contributed by atoms with Gasteiger partial charge in [-0.3, -0.25) is 9.48 Å². The van der Waals surface area contributed by atoms with E-state index in [-0.39, 0.29) is 10.9 Å². The van der Waals surface area contributed by atoms with Crippen molar-refractivity contribution in [3.63, 3.8) is 0 Å². The molecule has 3 heterocycles. The maximum atomic E-state index is 15.0. The van der Waals surface area contributed by atoms with Gasteiger partial charge in [-0.1, -0.05) is 19.6 Å². The fourth-order valence-corrected chi connectivity index (χ4v) is 5.01. The van der Waals surface area contributed by atoms with Crippen molar-refractivity contribution in [2.75, 3.05) is 29.9 Å². The second-order valence-electron chi connectivity index (χ2n) is 10.4. The summed E-state index contributed by atoms with van der Waals surface area (Å²) in [5.74, 6) is -1.91. The Morgan fingerprint density at radius 3 is 2.61 bits per heavy atom. The molecule has 5 rings (SSSR count). The first kappa shape index (κ1) is 24.4. The van der Waals surface area contributed by atoms with Gasteiger partial charge in [0, 0.05) is 52.0 Å². The van der Waals surface area contributed by atoms with Gasteiger partial charge in [0.05, 0.1) is 22.6 Å². The topological polar surface area (TPSA) is 77.2 Å². The number of carbonyl (C=O) groups is 1. The molecule has 4 aromatic rings. The van der Waals surface area contributed by atoms with E-state index >= 15 is 4.39 Å². The molecule has 0 bridgehead atoms. The Morgan fingerprint density at radius 1 is 1.14 bits per heavy atom. The number of hydrogen-bond donors (Lipinski definition) is 1. The highest BCUT2D eigenvalue weighted by Crippen LogP contribution is 2.32. The van der Waals surface area contributed by atoms with Crippen LogP contribution >= 0.6 is 0 Å². The smallest absolute Gasteiger partial charge is 0.261 e. The van der Waals surface area contributed by atoms with E-state index < -0.39 is 31.2 Å². The lowest BCUT2D eigenvalue weighted by atomic mass is 10.1. The minimum absolute atomic E-state index is 0.0926. The van der Waals surface area contributed by atoms with Crippen LogP contribution in [0.25, 0.3) is 21.8 Å². The average molecular weight is 513 g/mol. The van der Waals surface area contributed by atoms with Crippen molar-refractivity contribution in [2.45, 2.75) is 38.8 Å². The Kier molecular flexibility index (Phi) is 6.29. The third-order valence-corrected chi connectivity index (χ3v) is 8.23. The summed E-state index contributed by atoms with van der Waals surface area (Å²) in [6, 6.07) is 7.54. The predicted molar refractivity (Wildman–Crippen MR) is 139 cm³/mol. The lowest BCUT2D eigenvalue weighted by Gasteiger charge is -2.31. The van der Waals surface area contributed by atoms with Gasteiger partial charge >= 0.3 is 0 Å². The molecule has 1 fully saturated rings. The molecule has 1 aliphatic rings.